The summed E-state index contributed by atoms with van der Waals surface area (Å²) in [6.45, 7) is 6.96. The summed E-state index contributed by atoms with van der Waals surface area (Å²) in [5.41, 5.74) is 1.27. The summed E-state index contributed by atoms with van der Waals surface area (Å²) >= 11 is 0. The van der Waals surface area contributed by atoms with E-state index in [0.29, 0.717) is 0 Å². The van der Waals surface area contributed by atoms with Crippen molar-refractivity contribution in [1.29, 1.82) is 0 Å². The van der Waals surface area contributed by atoms with Crippen LogP contribution in [0.3, 0.4) is 0 Å². The summed E-state index contributed by atoms with van der Waals surface area (Å²) in [5.74, 6) is 0. The molecule has 0 spiro atoms. The highest BCUT2D eigenvalue weighted by molar-refractivity contribution is 5.03. The van der Waals surface area contributed by atoms with E-state index in [9.17, 15) is 0 Å². The molecule has 0 aliphatic heterocycles. The lowest BCUT2D eigenvalue weighted by Crippen LogP contribution is -2.14. The van der Waals surface area contributed by atoms with E-state index < -0.39 is 0 Å². The van der Waals surface area contributed by atoms with Gasteiger partial charge in [0.05, 0.1) is 0 Å². The third-order valence-electron chi connectivity index (χ3n) is 1.18. The molecule has 1 nitrogen and oxygen atoms in total. The lowest BCUT2D eigenvalue weighted by Gasteiger charge is -2.09. The molecule has 0 aromatic carbocycles. The molecular weight excluding hydrogens is 122 g/mol. The van der Waals surface area contributed by atoms with Crippen LogP contribution >= 0.6 is 0 Å². The molecule has 0 rings (SSSR count). The zero-order valence-electron chi connectivity index (χ0n) is 7.22. The molecule has 0 aliphatic carbocycles. The highest BCUT2D eigenvalue weighted by Gasteiger charge is 1.91. The molecule has 1 heteroatoms. The van der Waals surface area contributed by atoms with Crippen LogP contribution in [0.25, 0.3) is 0 Å². The Morgan fingerprint density at radius 3 is 2.50 bits per heavy atom. The Labute approximate surface area is 64.0 Å². The Bertz CT molecular complexity index is 123. The Hall–Kier alpha value is -0.560. The molecule has 0 N–H and O–H groups in total. The normalized spacial score (nSPS) is 11.2. The summed E-state index contributed by atoms with van der Waals surface area (Å²) in [7, 11) is 4.11. The number of rotatable bonds is 4. The Morgan fingerprint density at radius 2 is 2.10 bits per heavy atom. The SMILES string of the molecule is C=C(CC=CC)CN(C)C. The first kappa shape index (κ1) is 9.44. The molecule has 0 fully saturated rings. The monoisotopic (exact) mass is 139 g/mol. The van der Waals surface area contributed by atoms with Gasteiger partial charge in [0.15, 0.2) is 0 Å². The molecule has 0 unspecified atom stereocenters. The van der Waals surface area contributed by atoms with E-state index in [2.05, 4.69) is 37.7 Å². The topological polar surface area (TPSA) is 3.24 Å². The van der Waals surface area contributed by atoms with Crippen LogP contribution in [0.1, 0.15) is 13.3 Å². The van der Waals surface area contributed by atoms with Crippen LogP contribution in [0.15, 0.2) is 24.3 Å². The Morgan fingerprint density at radius 1 is 1.50 bits per heavy atom. The number of nitrogens with zero attached hydrogens (tertiary/aromatic N) is 1. The van der Waals surface area contributed by atoms with Crippen LogP contribution in [0, 0.1) is 0 Å². The van der Waals surface area contributed by atoms with E-state index >= 15 is 0 Å². The van der Waals surface area contributed by atoms with Gasteiger partial charge in [-0.15, -0.1) is 0 Å². The zero-order valence-corrected chi connectivity index (χ0v) is 7.22. The fourth-order valence-electron chi connectivity index (χ4n) is 0.796. The highest BCUT2D eigenvalue weighted by Crippen LogP contribution is 1.99. The molecule has 58 valence electrons. The molecule has 10 heavy (non-hydrogen) atoms. The van der Waals surface area contributed by atoms with Crippen molar-refractivity contribution >= 4 is 0 Å². The van der Waals surface area contributed by atoms with Crippen molar-refractivity contribution in [3.05, 3.63) is 24.3 Å². The standard InChI is InChI=1S/C9H17N/c1-5-6-7-9(2)8-10(3)4/h5-6H,2,7-8H2,1,3-4H3. The molecule has 0 amide bonds. The average molecular weight is 139 g/mol. The molecule has 0 saturated carbocycles. The van der Waals surface area contributed by atoms with Gasteiger partial charge in [0.25, 0.3) is 0 Å². The van der Waals surface area contributed by atoms with Gasteiger partial charge in [0, 0.05) is 6.54 Å². The van der Waals surface area contributed by atoms with E-state index in [0.717, 1.165) is 13.0 Å². The first-order valence-corrected chi connectivity index (χ1v) is 3.59. The first-order chi connectivity index (χ1) is 4.66. The number of hydrogen-bond acceptors (Lipinski definition) is 1. The summed E-state index contributed by atoms with van der Waals surface area (Å²) in [6.07, 6.45) is 5.20. The molecular formula is C9H17N. The maximum Gasteiger partial charge on any atom is 0.0187 e. The quantitative estimate of drug-likeness (QED) is 0.539. The summed E-state index contributed by atoms with van der Waals surface area (Å²) in [6, 6.07) is 0. The van der Waals surface area contributed by atoms with Gasteiger partial charge in [0.1, 0.15) is 0 Å². The lowest BCUT2D eigenvalue weighted by molar-refractivity contribution is 0.443. The van der Waals surface area contributed by atoms with E-state index in [1.54, 1.807) is 0 Å². The van der Waals surface area contributed by atoms with Crippen molar-refractivity contribution in [3.8, 4) is 0 Å². The van der Waals surface area contributed by atoms with Gasteiger partial charge in [0.2, 0.25) is 0 Å². The van der Waals surface area contributed by atoms with Crippen molar-refractivity contribution in [3.63, 3.8) is 0 Å². The first-order valence-electron chi connectivity index (χ1n) is 3.59. The van der Waals surface area contributed by atoms with Crippen LogP contribution in [0.5, 0.6) is 0 Å². The molecule has 0 aromatic rings. The largest absolute Gasteiger partial charge is 0.305 e. The zero-order chi connectivity index (χ0) is 7.98. The second-order valence-corrected chi connectivity index (χ2v) is 2.76. The van der Waals surface area contributed by atoms with Crippen molar-refractivity contribution < 1.29 is 0 Å². The molecule has 0 bridgehead atoms. The van der Waals surface area contributed by atoms with Crippen molar-refractivity contribution in [2.75, 3.05) is 20.6 Å². The van der Waals surface area contributed by atoms with Crippen LogP contribution in [-0.2, 0) is 0 Å². The Kier molecular flexibility index (Phi) is 4.95. The van der Waals surface area contributed by atoms with Gasteiger partial charge in [-0.05, 0) is 27.4 Å². The van der Waals surface area contributed by atoms with Crippen molar-refractivity contribution in [2.24, 2.45) is 0 Å². The minimum atomic E-state index is 0.990. The van der Waals surface area contributed by atoms with Crippen molar-refractivity contribution in [1.82, 2.24) is 4.90 Å². The lowest BCUT2D eigenvalue weighted by atomic mass is 10.2. The van der Waals surface area contributed by atoms with E-state index in [4.69, 9.17) is 0 Å². The summed E-state index contributed by atoms with van der Waals surface area (Å²) in [4.78, 5) is 2.13. The van der Waals surface area contributed by atoms with Crippen LogP contribution < -0.4 is 0 Å². The summed E-state index contributed by atoms with van der Waals surface area (Å²) in [5, 5.41) is 0. The minimum absolute atomic E-state index is 0.990. The van der Waals surface area contributed by atoms with Gasteiger partial charge in [-0.2, -0.15) is 0 Å². The average Bonchev–Trinajstić information content (AvgIpc) is 1.82. The van der Waals surface area contributed by atoms with Crippen LogP contribution in [0.4, 0.5) is 0 Å². The van der Waals surface area contributed by atoms with Crippen LogP contribution in [-0.4, -0.2) is 25.5 Å². The van der Waals surface area contributed by atoms with Gasteiger partial charge in [-0.1, -0.05) is 24.3 Å². The number of allylic oxidation sites excluding steroid dienone is 2. The van der Waals surface area contributed by atoms with Gasteiger partial charge >= 0.3 is 0 Å². The summed E-state index contributed by atoms with van der Waals surface area (Å²) < 4.78 is 0. The highest BCUT2D eigenvalue weighted by atomic mass is 15.0. The van der Waals surface area contributed by atoms with Crippen LogP contribution in [0.2, 0.25) is 0 Å². The Balaban J connectivity index is 3.44. The third-order valence-corrected chi connectivity index (χ3v) is 1.18. The molecule has 0 aromatic heterocycles. The predicted molar refractivity (Wildman–Crippen MR) is 47.1 cm³/mol. The van der Waals surface area contributed by atoms with Gasteiger partial charge in [-0.3, -0.25) is 0 Å². The molecule has 0 radical (unpaired) electrons. The molecule has 0 saturated heterocycles. The maximum atomic E-state index is 3.94. The maximum absolute atomic E-state index is 3.94. The fraction of sp³-hybridized carbons (Fsp3) is 0.556. The van der Waals surface area contributed by atoms with Crippen molar-refractivity contribution in [2.45, 2.75) is 13.3 Å². The fourth-order valence-corrected chi connectivity index (χ4v) is 0.796. The second kappa shape index (κ2) is 5.24. The molecule has 0 aliphatic rings. The third kappa shape index (κ3) is 5.57. The van der Waals surface area contributed by atoms with E-state index in [-0.39, 0.29) is 0 Å². The van der Waals surface area contributed by atoms with E-state index in [1.807, 2.05) is 6.92 Å². The van der Waals surface area contributed by atoms with Gasteiger partial charge < -0.3 is 4.90 Å². The molecule has 0 atom stereocenters. The number of hydrogen-bond donors (Lipinski definition) is 0. The molecule has 0 heterocycles. The second-order valence-electron chi connectivity index (χ2n) is 2.76. The predicted octanol–water partition coefficient (Wildman–Crippen LogP) is 2.07. The number of likely N-dealkylation sites (N-methyl/N-ethyl adjacent to an activating group) is 1. The van der Waals surface area contributed by atoms with Gasteiger partial charge in [-0.25, -0.2) is 0 Å². The minimum Gasteiger partial charge on any atom is -0.305 e. The van der Waals surface area contributed by atoms with E-state index in [1.165, 1.54) is 5.57 Å². The smallest absolute Gasteiger partial charge is 0.0187 e.